The lowest BCUT2D eigenvalue weighted by Crippen LogP contribution is -2.39. The summed E-state index contributed by atoms with van der Waals surface area (Å²) in [7, 11) is -3.75. The normalized spacial score (nSPS) is 13.3. The molecule has 0 aliphatic rings. The minimum Gasteiger partial charge on any atom is -0.308 e. The topological polar surface area (TPSA) is 58.2 Å². The first-order chi connectivity index (χ1) is 17.8. The molecule has 0 heterocycles. The molecule has 0 bridgehead atoms. The van der Waals surface area contributed by atoms with Gasteiger partial charge in [0, 0.05) is 0 Å². The Bertz CT molecular complexity index is 1370. The Morgan fingerprint density at radius 3 is 1.76 bits per heavy atom. The van der Waals surface area contributed by atoms with Crippen LogP contribution in [0.4, 0.5) is 0 Å². The van der Waals surface area contributed by atoms with Crippen molar-refractivity contribution in [2.45, 2.75) is 50.6 Å². The predicted octanol–water partition coefficient (Wildman–Crippen LogP) is 6.60. The van der Waals surface area contributed by atoms with Gasteiger partial charge in [-0.25, -0.2) is 13.1 Å². The van der Waals surface area contributed by atoms with Crippen LogP contribution in [0.15, 0.2) is 108 Å². The summed E-state index contributed by atoms with van der Waals surface area (Å²) in [4.78, 5) is 0.265. The second-order valence-corrected chi connectivity index (χ2v) is 11.5. The minimum absolute atomic E-state index is 0.247. The Hall–Kier alpha value is -3.25. The number of sulfonamides is 1. The highest BCUT2D eigenvalue weighted by atomic mass is 32.2. The molecule has 0 saturated carbocycles. The lowest BCUT2D eigenvalue weighted by molar-refractivity contribution is 0.420. The van der Waals surface area contributed by atoms with Crippen LogP contribution in [0.25, 0.3) is 0 Å². The summed E-state index contributed by atoms with van der Waals surface area (Å²) < 4.78 is 30.0. The van der Waals surface area contributed by atoms with Crippen molar-refractivity contribution in [3.05, 3.63) is 137 Å². The van der Waals surface area contributed by atoms with Crippen molar-refractivity contribution in [2.75, 3.05) is 6.54 Å². The molecule has 37 heavy (non-hydrogen) atoms. The van der Waals surface area contributed by atoms with Crippen molar-refractivity contribution < 1.29 is 8.42 Å². The van der Waals surface area contributed by atoms with E-state index in [1.54, 1.807) is 12.1 Å². The third-order valence-corrected chi connectivity index (χ3v) is 8.01. The van der Waals surface area contributed by atoms with Gasteiger partial charge in [-0.2, -0.15) is 0 Å². The zero-order valence-corrected chi connectivity index (χ0v) is 22.6. The van der Waals surface area contributed by atoms with Crippen LogP contribution in [0.3, 0.4) is 0 Å². The van der Waals surface area contributed by atoms with Crippen molar-refractivity contribution >= 4 is 10.0 Å². The molecule has 0 aliphatic heterocycles. The molecule has 0 spiro atoms. The number of rotatable bonds is 11. The van der Waals surface area contributed by atoms with Gasteiger partial charge in [0.15, 0.2) is 0 Å². The quantitative estimate of drug-likeness (QED) is 0.223. The molecule has 2 atom stereocenters. The summed E-state index contributed by atoms with van der Waals surface area (Å²) in [6.45, 7) is 6.96. The first kappa shape index (κ1) is 26.8. The molecular formula is C32H36N2O2S. The highest BCUT2D eigenvalue weighted by molar-refractivity contribution is 7.89. The average Bonchev–Trinajstić information content (AvgIpc) is 2.88. The Morgan fingerprint density at radius 1 is 0.649 bits per heavy atom. The van der Waals surface area contributed by atoms with Gasteiger partial charge in [0.1, 0.15) is 0 Å². The molecule has 0 amide bonds. The monoisotopic (exact) mass is 512 g/mol. The fourth-order valence-corrected chi connectivity index (χ4v) is 6.03. The van der Waals surface area contributed by atoms with Crippen LogP contribution < -0.4 is 10.0 Å². The molecule has 192 valence electrons. The van der Waals surface area contributed by atoms with E-state index in [2.05, 4.69) is 54.2 Å². The number of benzene rings is 4. The molecule has 5 heteroatoms. The number of aryl methyl sites for hydroxylation is 4. The summed E-state index contributed by atoms with van der Waals surface area (Å²) in [6.07, 6.45) is 1.90. The van der Waals surface area contributed by atoms with Gasteiger partial charge in [0.05, 0.1) is 17.0 Å². The number of hydrogen-bond donors (Lipinski definition) is 2. The van der Waals surface area contributed by atoms with E-state index < -0.39 is 16.1 Å². The van der Waals surface area contributed by atoms with Gasteiger partial charge in [-0.1, -0.05) is 108 Å². The second-order valence-electron chi connectivity index (χ2n) is 9.76. The van der Waals surface area contributed by atoms with Crippen molar-refractivity contribution in [1.29, 1.82) is 0 Å². The molecule has 2 unspecified atom stereocenters. The van der Waals surface area contributed by atoms with Crippen molar-refractivity contribution in [3.8, 4) is 0 Å². The van der Waals surface area contributed by atoms with Gasteiger partial charge in [0.25, 0.3) is 0 Å². The highest BCUT2D eigenvalue weighted by Gasteiger charge is 2.29. The van der Waals surface area contributed by atoms with Crippen molar-refractivity contribution in [1.82, 2.24) is 10.0 Å². The summed E-state index contributed by atoms with van der Waals surface area (Å²) in [5.41, 5.74) is 6.85. The third kappa shape index (κ3) is 7.39. The van der Waals surface area contributed by atoms with E-state index in [-0.39, 0.29) is 10.9 Å². The van der Waals surface area contributed by atoms with Crippen LogP contribution >= 0.6 is 0 Å². The van der Waals surface area contributed by atoms with Gasteiger partial charge in [-0.15, -0.1) is 0 Å². The summed E-state index contributed by atoms with van der Waals surface area (Å²) in [6, 6.07) is 32.8. The maximum absolute atomic E-state index is 13.5. The standard InChI is InChI=1S/C32H36N2O2S/c1-24-16-18-30(19-17-24)37(35,36)34-32(29-14-8-5-9-15-29)31(28-12-6-4-7-13-28)33-20-10-11-27-22-25(2)21-26(3)23-27/h4-9,12-19,21-23,31-34H,10-11,20H2,1-3H3. The van der Waals surface area contributed by atoms with Crippen LogP contribution in [0.1, 0.15) is 51.9 Å². The van der Waals surface area contributed by atoms with Crippen molar-refractivity contribution in [3.63, 3.8) is 0 Å². The first-order valence-corrected chi connectivity index (χ1v) is 14.3. The molecule has 0 fully saturated rings. The molecular weight excluding hydrogens is 476 g/mol. The van der Waals surface area contributed by atoms with Gasteiger partial charge in [-0.3, -0.25) is 0 Å². The molecule has 4 aromatic carbocycles. The molecule has 4 aromatic rings. The lowest BCUT2D eigenvalue weighted by Gasteiger charge is -2.30. The lowest BCUT2D eigenvalue weighted by atomic mass is 9.94. The van der Waals surface area contributed by atoms with Crippen LogP contribution in [0, 0.1) is 20.8 Å². The number of hydrogen-bond acceptors (Lipinski definition) is 3. The summed E-state index contributed by atoms with van der Waals surface area (Å²) >= 11 is 0. The first-order valence-electron chi connectivity index (χ1n) is 12.8. The molecule has 0 radical (unpaired) electrons. The fraction of sp³-hybridized carbons (Fsp3) is 0.250. The Morgan fingerprint density at radius 2 is 1.19 bits per heavy atom. The summed E-state index contributed by atoms with van der Waals surface area (Å²) in [5.74, 6) is 0. The maximum atomic E-state index is 13.5. The SMILES string of the molecule is Cc1ccc(S(=O)(=O)NC(c2ccccc2)C(NCCCc2cc(C)cc(C)c2)c2ccccc2)cc1. The van der Waals surface area contributed by atoms with Gasteiger partial charge in [0.2, 0.25) is 10.0 Å². The second kappa shape index (κ2) is 12.3. The molecule has 0 aliphatic carbocycles. The summed E-state index contributed by atoms with van der Waals surface area (Å²) in [5, 5.41) is 3.69. The van der Waals surface area contributed by atoms with Gasteiger partial charge >= 0.3 is 0 Å². The molecule has 2 N–H and O–H groups in total. The van der Waals surface area contributed by atoms with Crippen LogP contribution in [0.5, 0.6) is 0 Å². The van der Waals surface area contributed by atoms with Crippen molar-refractivity contribution in [2.24, 2.45) is 0 Å². The van der Waals surface area contributed by atoms with Crippen LogP contribution in [0.2, 0.25) is 0 Å². The minimum atomic E-state index is -3.75. The third-order valence-electron chi connectivity index (χ3n) is 6.55. The largest absolute Gasteiger partial charge is 0.308 e. The number of nitrogens with one attached hydrogen (secondary N) is 2. The molecule has 4 nitrogen and oxygen atoms in total. The van der Waals surface area contributed by atoms with Gasteiger partial charge < -0.3 is 5.32 Å². The van der Waals surface area contributed by atoms with E-state index in [1.165, 1.54) is 16.7 Å². The van der Waals surface area contributed by atoms with E-state index in [1.807, 2.05) is 67.6 Å². The highest BCUT2D eigenvalue weighted by Crippen LogP contribution is 2.31. The smallest absolute Gasteiger partial charge is 0.241 e. The zero-order chi connectivity index (χ0) is 26.3. The van der Waals surface area contributed by atoms with Crippen LogP contribution in [-0.4, -0.2) is 15.0 Å². The van der Waals surface area contributed by atoms with Crippen LogP contribution in [-0.2, 0) is 16.4 Å². The van der Waals surface area contributed by atoms with E-state index >= 15 is 0 Å². The van der Waals surface area contributed by atoms with E-state index in [0.717, 1.165) is 36.1 Å². The Balaban J connectivity index is 1.60. The Kier molecular flexibility index (Phi) is 8.93. The van der Waals surface area contributed by atoms with Gasteiger partial charge in [-0.05, 0) is 69.0 Å². The molecule has 4 rings (SSSR count). The predicted molar refractivity (Wildman–Crippen MR) is 152 cm³/mol. The Labute approximate surface area is 221 Å². The van der Waals surface area contributed by atoms with E-state index in [0.29, 0.717) is 0 Å². The maximum Gasteiger partial charge on any atom is 0.241 e. The fourth-order valence-electron chi connectivity index (χ4n) is 4.79. The molecule has 0 saturated heterocycles. The average molecular weight is 513 g/mol. The van der Waals surface area contributed by atoms with E-state index in [4.69, 9.17) is 0 Å². The molecule has 0 aromatic heterocycles. The zero-order valence-electron chi connectivity index (χ0n) is 21.8. The van der Waals surface area contributed by atoms with E-state index in [9.17, 15) is 8.42 Å².